The summed E-state index contributed by atoms with van der Waals surface area (Å²) in [5, 5.41) is 10.2. The minimum atomic E-state index is -3.45. The van der Waals surface area contributed by atoms with E-state index < -0.39 is 23.9 Å². The minimum absolute atomic E-state index is 0.672. The van der Waals surface area contributed by atoms with Crippen LogP contribution in [0, 0.1) is 0 Å². The average molecular weight is 164 g/mol. The number of urea groups is 1. The molecule has 1 heterocycles. The van der Waals surface area contributed by atoms with Crippen LogP contribution >= 0.6 is 0 Å². The molecular weight excluding hydrogens is 158 g/mol. The zero-order valence-corrected chi connectivity index (χ0v) is 5.64. The largest absolute Gasteiger partial charge is 0.368 e. The predicted octanol–water partition coefficient (Wildman–Crippen LogP) is 0.124. The number of rotatable bonds is 0. The third-order valence-corrected chi connectivity index (χ3v) is 1.36. The fourth-order valence-corrected chi connectivity index (χ4v) is 0.665. The molecule has 6 heteroatoms. The van der Waals surface area contributed by atoms with Crippen LogP contribution in [0.4, 0.5) is 13.6 Å². The second kappa shape index (κ2) is 2.23. The SMILES string of the molecule is CC1=NC(=O)NC(O)C1(F)F. The van der Waals surface area contributed by atoms with E-state index in [2.05, 4.69) is 4.99 Å². The molecule has 1 aliphatic rings. The first-order chi connectivity index (χ1) is 4.94. The van der Waals surface area contributed by atoms with Crippen molar-refractivity contribution in [3.05, 3.63) is 0 Å². The first-order valence-corrected chi connectivity index (χ1v) is 2.86. The van der Waals surface area contributed by atoms with E-state index in [1.165, 1.54) is 0 Å². The van der Waals surface area contributed by atoms with Crippen LogP contribution in [0.3, 0.4) is 0 Å². The highest BCUT2D eigenvalue weighted by Gasteiger charge is 2.45. The summed E-state index contributed by atoms with van der Waals surface area (Å²) >= 11 is 0. The summed E-state index contributed by atoms with van der Waals surface area (Å²) in [6.07, 6.45) is -2.16. The quantitative estimate of drug-likeness (QED) is 0.534. The molecule has 2 N–H and O–H groups in total. The van der Waals surface area contributed by atoms with Gasteiger partial charge in [0.05, 0.1) is 5.71 Å². The first kappa shape index (κ1) is 8.06. The highest BCUT2D eigenvalue weighted by molar-refractivity contribution is 6.00. The van der Waals surface area contributed by atoms with Crippen LogP contribution in [0.15, 0.2) is 4.99 Å². The van der Waals surface area contributed by atoms with Gasteiger partial charge >= 0.3 is 12.0 Å². The number of carbonyl (C=O) groups excluding carboxylic acids is 1. The van der Waals surface area contributed by atoms with Gasteiger partial charge in [0, 0.05) is 0 Å². The second-order valence-corrected chi connectivity index (χ2v) is 2.17. The van der Waals surface area contributed by atoms with Gasteiger partial charge in [-0.1, -0.05) is 0 Å². The number of nitrogens with one attached hydrogen (secondary N) is 1. The molecule has 1 unspecified atom stereocenters. The number of alkyl halides is 2. The molecule has 0 saturated carbocycles. The molecule has 0 radical (unpaired) electrons. The number of amides is 2. The molecule has 0 spiro atoms. The number of aliphatic hydroxyl groups is 1. The van der Waals surface area contributed by atoms with Gasteiger partial charge in [-0.15, -0.1) is 0 Å². The molecule has 0 fully saturated rings. The fourth-order valence-electron chi connectivity index (χ4n) is 0.665. The summed E-state index contributed by atoms with van der Waals surface area (Å²) < 4.78 is 25.1. The lowest BCUT2D eigenvalue weighted by molar-refractivity contribution is -0.0667. The number of carbonyl (C=O) groups is 1. The molecule has 0 aromatic heterocycles. The smallest absolute Gasteiger partial charge is 0.343 e. The Hall–Kier alpha value is -1.04. The number of hydrogen-bond donors (Lipinski definition) is 2. The maximum absolute atomic E-state index is 12.6. The van der Waals surface area contributed by atoms with Crippen LogP contribution in [0.25, 0.3) is 0 Å². The van der Waals surface area contributed by atoms with Gasteiger partial charge in [-0.3, -0.25) is 0 Å². The Balaban J connectivity index is 2.99. The normalized spacial score (nSPS) is 29.3. The van der Waals surface area contributed by atoms with Gasteiger partial charge in [0.2, 0.25) is 0 Å². The summed E-state index contributed by atoms with van der Waals surface area (Å²) in [4.78, 5) is 13.3. The Morgan fingerprint density at radius 1 is 1.73 bits per heavy atom. The summed E-state index contributed by atoms with van der Waals surface area (Å²) in [7, 11) is 0. The molecule has 1 atom stereocenters. The van der Waals surface area contributed by atoms with Gasteiger partial charge in [0.25, 0.3) is 0 Å². The van der Waals surface area contributed by atoms with Crippen molar-refractivity contribution < 1.29 is 18.7 Å². The highest BCUT2D eigenvalue weighted by atomic mass is 19.3. The van der Waals surface area contributed by atoms with Crippen molar-refractivity contribution >= 4 is 11.7 Å². The number of nitrogens with zero attached hydrogens (tertiary/aromatic N) is 1. The summed E-state index contributed by atoms with van der Waals surface area (Å²) in [5.41, 5.74) is -0.672. The maximum Gasteiger partial charge on any atom is 0.343 e. The Morgan fingerprint density at radius 2 is 2.27 bits per heavy atom. The van der Waals surface area contributed by atoms with Crippen molar-refractivity contribution in [3.8, 4) is 0 Å². The van der Waals surface area contributed by atoms with E-state index in [0.717, 1.165) is 6.92 Å². The van der Waals surface area contributed by atoms with Crippen LogP contribution in [-0.2, 0) is 0 Å². The third-order valence-electron chi connectivity index (χ3n) is 1.36. The standard InChI is InChI=1S/C5H6F2N2O2/c1-2-5(6,7)3(10)9-4(11)8-2/h3,10H,1H3,(H,9,11). The van der Waals surface area contributed by atoms with Crippen molar-refractivity contribution in [3.63, 3.8) is 0 Å². The third kappa shape index (κ3) is 1.21. The van der Waals surface area contributed by atoms with E-state index >= 15 is 0 Å². The van der Waals surface area contributed by atoms with E-state index in [1.807, 2.05) is 0 Å². The average Bonchev–Trinajstić information content (AvgIpc) is 1.84. The van der Waals surface area contributed by atoms with Crippen LogP contribution in [0.2, 0.25) is 0 Å². The maximum atomic E-state index is 12.6. The summed E-state index contributed by atoms with van der Waals surface area (Å²) in [6, 6.07) is -0.944. The molecule has 0 aromatic rings. The molecular formula is C5H6F2N2O2. The molecule has 1 aliphatic heterocycles. The zero-order chi connectivity index (χ0) is 8.65. The lowest BCUT2D eigenvalue weighted by Crippen LogP contribution is -2.54. The van der Waals surface area contributed by atoms with Gasteiger partial charge in [-0.25, -0.2) is 4.79 Å². The van der Waals surface area contributed by atoms with Crippen LogP contribution in [-0.4, -0.2) is 29.0 Å². The van der Waals surface area contributed by atoms with Crippen molar-refractivity contribution in [2.24, 2.45) is 4.99 Å². The molecule has 4 nitrogen and oxygen atoms in total. The van der Waals surface area contributed by atoms with Crippen LogP contribution in [0.1, 0.15) is 6.92 Å². The first-order valence-electron chi connectivity index (χ1n) is 2.86. The lowest BCUT2D eigenvalue weighted by atomic mass is 10.2. The molecule has 0 bridgehead atoms. The van der Waals surface area contributed by atoms with E-state index in [1.54, 1.807) is 5.32 Å². The van der Waals surface area contributed by atoms with Crippen LogP contribution < -0.4 is 5.32 Å². The summed E-state index contributed by atoms with van der Waals surface area (Å²) in [5.74, 6) is -3.45. The summed E-state index contributed by atoms with van der Waals surface area (Å²) in [6.45, 7) is 0.988. The molecule has 0 aromatic carbocycles. The lowest BCUT2D eigenvalue weighted by Gasteiger charge is -2.25. The number of aliphatic hydroxyl groups excluding tert-OH is 1. The number of halogens is 2. The highest BCUT2D eigenvalue weighted by Crippen LogP contribution is 2.22. The Kier molecular flexibility index (Phi) is 1.63. The van der Waals surface area contributed by atoms with E-state index in [0.29, 0.717) is 0 Å². The fraction of sp³-hybridized carbons (Fsp3) is 0.600. The topological polar surface area (TPSA) is 61.7 Å². The molecule has 1 rings (SSSR count). The van der Waals surface area contributed by atoms with Gasteiger partial charge < -0.3 is 10.4 Å². The molecule has 62 valence electrons. The van der Waals surface area contributed by atoms with Gasteiger partial charge in [-0.2, -0.15) is 13.8 Å². The molecule has 2 amide bonds. The molecule has 0 aliphatic carbocycles. The van der Waals surface area contributed by atoms with E-state index in [4.69, 9.17) is 5.11 Å². The van der Waals surface area contributed by atoms with Crippen molar-refractivity contribution in [1.82, 2.24) is 5.32 Å². The Labute approximate surface area is 60.9 Å². The monoisotopic (exact) mass is 164 g/mol. The Morgan fingerprint density at radius 3 is 2.73 bits per heavy atom. The molecule has 0 saturated heterocycles. The van der Waals surface area contributed by atoms with Crippen LogP contribution in [0.5, 0.6) is 0 Å². The number of aliphatic imine (C=N–C) groups is 1. The second-order valence-electron chi connectivity index (χ2n) is 2.17. The number of hydrogen-bond acceptors (Lipinski definition) is 2. The van der Waals surface area contributed by atoms with Crippen molar-refractivity contribution in [2.45, 2.75) is 19.1 Å². The van der Waals surface area contributed by atoms with Gasteiger partial charge in [0.15, 0.2) is 6.23 Å². The van der Waals surface area contributed by atoms with Gasteiger partial charge in [0.1, 0.15) is 0 Å². The van der Waals surface area contributed by atoms with Crippen molar-refractivity contribution in [2.75, 3.05) is 0 Å². The predicted molar refractivity (Wildman–Crippen MR) is 32.6 cm³/mol. The van der Waals surface area contributed by atoms with E-state index in [-0.39, 0.29) is 0 Å². The van der Waals surface area contributed by atoms with Crippen molar-refractivity contribution in [1.29, 1.82) is 0 Å². The Bertz CT molecular complexity index is 227. The minimum Gasteiger partial charge on any atom is -0.368 e. The molecule has 11 heavy (non-hydrogen) atoms. The zero-order valence-electron chi connectivity index (χ0n) is 5.64. The van der Waals surface area contributed by atoms with E-state index in [9.17, 15) is 13.6 Å². The van der Waals surface area contributed by atoms with Gasteiger partial charge in [-0.05, 0) is 6.92 Å².